The number of hydrogen-bond acceptors (Lipinski definition) is 3. The minimum atomic E-state index is -0.990. The largest absolute Gasteiger partial charge is 0.478 e. The zero-order chi connectivity index (χ0) is 13.4. The Morgan fingerprint density at radius 1 is 1.21 bits per heavy atom. The van der Waals surface area contributed by atoms with E-state index in [1.54, 1.807) is 6.07 Å². The van der Waals surface area contributed by atoms with Gasteiger partial charge in [-0.2, -0.15) is 0 Å². The van der Waals surface area contributed by atoms with Crippen molar-refractivity contribution in [3.63, 3.8) is 0 Å². The molecular weight excluding hydrogens is 265 g/mol. The summed E-state index contributed by atoms with van der Waals surface area (Å²) in [5.41, 5.74) is 0.773. The average molecular weight is 273 g/mol. The lowest BCUT2D eigenvalue weighted by Gasteiger charge is -1.97. The lowest BCUT2D eigenvalue weighted by atomic mass is 10.2. The molecule has 0 atom stereocenters. The minimum absolute atomic E-state index is 0.189. The topological polar surface area (TPSA) is 50.2 Å². The van der Waals surface area contributed by atoms with Crippen LogP contribution in [0.15, 0.2) is 42.6 Å². The molecule has 3 aromatic rings. The third-order valence-electron chi connectivity index (χ3n) is 2.74. The Hall–Kier alpha value is -2.27. The maximum atomic E-state index is 13.1. The fourth-order valence-electron chi connectivity index (χ4n) is 1.84. The van der Waals surface area contributed by atoms with Crippen LogP contribution in [0, 0.1) is 5.82 Å². The van der Waals surface area contributed by atoms with Crippen molar-refractivity contribution in [3.8, 4) is 10.6 Å². The van der Waals surface area contributed by atoms with E-state index in [1.165, 1.54) is 41.8 Å². The molecule has 2 heterocycles. The van der Waals surface area contributed by atoms with Crippen molar-refractivity contribution in [2.24, 2.45) is 0 Å². The van der Waals surface area contributed by atoms with Gasteiger partial charge in [-0.1, -0.05) is 0 Å². The lowest BCUT2D eigenvalue weighted by Crippen LogP contribution is -1.96. The van der Waals surface area contributed by atoms with Gasteiger partial charge in [0.15, 0.2) is 0 Å². The molecular formula is C14H8FNO2S. The first kappa shape index (κ1) is 11.8. The van der Waals surface area contributed by atoms with Crippen LogP contribution in [0.2, 0.25) is 0 Å². The van der Waals surface area contributed by atoms with Crippen LogP contribution in [0.25, 0.3) is 20.7 Å². The molecule has 1 aromatic carbocycles. The summed E-state index contributed by atoms with van der Waals surface area (Å²) < 4.78 is 14.1. The van der Waals surface area contributed by atoms with Gasteiger partial charge in [0.05, 0.1) is 16.1 Å². The van der Waals surface area contributed by atoms with Gasteiger partial charge in [0.25, 0.3) is 0 Å². The highest BCUT2D eigenvalue weighted by Crippen LogP contribution is 2.33. The molecule has 0 unspecified atom stereocenters. The maximum Gasteiger partial charge on any atom is 0.335 e. The minimum Gasteiger partial charge on any atom is -0.478 e. The van der Waals surface area contributed by atoms with Gasteiger partial charge in [-0.15, -0.1) is 11.3 Å². The number of carboxylic acids is 1. The van der Waals surface area contributed by atoms with Crippen molar-refractivity contribution in [3.05, 3.63) is 54.0 Å². The van der Waals surface area contributed by atoms with E-state index >= 15 is 0 Å². The number of thiophene rings is 1. The summed E-state index contributed by atoms with van der Waals surface area (Å²) in [6, 6.07) is 9.35. The molecule has 0 aliphatic rings. The summed E-state index contributed by atoms with van der Waals surface area (Å²) in [6.45, 7) is 0. The molecule has 94 valence electrons. The van der Waals surface area contributed by atoms with E-state index < -0.39 is 5.97 Å². The Morgan fingerprint density at radius 2 is 2.05 bits per heavy atom. The van der Waals surface area contributed by atoms with Gasteiger partial charge in [-0.05, 0) is 41.8 Å². The Morgan fingerprint density at radius 3 is 2.84 bits per heavy atom. The third-order valence-corrected chi connectivity index (χ3v) is 3.88. The molecule has 0 aliphatic carbocycles. The third kappa shape index (κ3) is 2.20. The number of aromatic nitrogens is 1. The summed E-state index contributed by atoms with van der Waals surface area (Å²) in [5.74, 6) is -1.28. The van der Waals surface area contributed by atoms with E-state index in [2.05, 4.69) is 4.98 Å². The summed E-state index contributed by atoms with van der Waals surface area (Å²) in [5, 5.41) is 9.75. The van der Waals surface area contributed by atoms with E-state index in [4.69, 9.17) is 5.11 Å². The van der Waals surface area contributed by atoms with Crippen LogP contribution in [0.1, 0.15) is 10.4 Å². The first-order valence-corrected chi connectivity index (χ1v) is 6.34. The van der Waals surface area contributed by atoms with Crippen molar-refractivity contribution >= 4 is 27.4 Å². The molecule has 1 N–H and O–H groups in total. The number of rotatable bonds is 2. The van der Waals surface area contributed by atoms with Crippen LogP contribution in [0.5, 0.6) is 0 Å². The normalized spacial score (nSPS) is 10.8. The van der Waals surface area contributed by atoms with E-state index in [0.717, 1.165) is 15.0 Å². The Labute approximate surface area is 112 Å². The number of carboxylic acid groups (broad SMARTS) is 1. The predicted molar refractivity (Wildman–Crippen MR) is 72.0 cm³/mol. The molecule has 0 bridgehead atoms. The molecule has 2 aromatic heterocycles. The molecule has 0 spiro atoms. The second kappa shape index (κ2) is 4.44. The first-order chi connectivity index (χ1) is 9.13. The zero-order valence-electron chi connectivity index (χ0n) is 9.63. The summed E-state index contributed by atoms with van der Waals surface area (Å²) >= 11 is 1.46. The fraction of sp³-hybridized carbons (Fsp3) is 0. The molecule has 0 aliphatic heterocycles. The van der Waals surface area contributed by atoms with Crippen molar-refractivity contribution in [2.75, 3.05) is 0 Å². The highest BCUT2D eigenvalue weighted by molar-refractivity contribution is 7.22. The number of aromatic carboxylic acids is 1. The van der Waals surface area contributed by atoms with Crippen LogP contribution < -0.4 is 0 Å². The standard InChI is InChI=1S/C14H8FNO2S/c15-10-1-2-12-9(5-10)7-13(19-12)11-6-8(14(17)18)3-4-16-11/h1-7H,(H,17,18). The maximum absolute atomic E-state index is 13.1. The van der Waals surface area contributed by atoms with Gasteiger partial charge >= 0.3 is 5.97 Å². The summed E-state index contributed by atoms with van der Waals surface area (Å²) in [4.78, 5) is 15.9. The number of nitrogens with zero attached hydrogens (tertiary/aromatic N) is 1. The van der Waals surface area contributed by atoms with Crippen LogP contribution >= 0.6 is 11.3 Å². The van der Waals surface area contributed by atoms with Crippen molar-refractivity contribution in [2.45, 2.75) is 0 Å². The van der Waals surface area contributed by atoms with Crippen molar-refractivity contribution in [1.82, 2.24) is 4.98 Å². The molecule has 0 saturated heterocycles. The SMILES string of the molecule is O=C(O)c1ccnc(-c2cc3cc(F)ccc3s2)c1. The monoisotopic (exact) mass is 273 g/mol. The van der Waals surface area contributed by atoms with Crippen LogP contribution in [0.3, 0.4) is 0 Å². The van der Waals surface area contributed by atoms with Gasteiger partial charge in [0.1, 0.15) is 5.82 Å². The summed E-state index contributed by atoms with van der Waals surface area (Å²) in [6.07, 6.45) is 1.46. The number of pyridine rings is 1. The fourth-order valence-corrected chi connectivity index (χ4v) is 2.85. The van der Waals surface area contributed by atoms with Crippen molar-refractivity contribution < 1.29 is 14.3 Å². The Kier molecular flexibility index (Phi) is 2.76. The van der Waals surface area contributed by atoms with E-state index in [9.17, 15) is 9.18 Å². The highest BCUT2D eigenvalue weighted by Gasteiger charge is 2.09. The molecule has 0 amide bonds. The highest BCUT2D eigenvalue weighted by atomic mass is 32.1. The Balaban J connectivity index is 2.13. The zero-order valence-corrected chi connectivity index (χ0v) is 10.4. The quantitative estimate of drug-likeness (QED) is 0.772. The first-order valence-electron chi connectivity index (χ1n) is 5.52. The second-order valence-electron chi connectivity index (χ2n) is 4.03. The molecule has 19 heavy (non-hydrogen) atoms. The second-order valence-corrected chi connectivity index (χ2v) is 5.11. The molecule has 0 fully saturated rings. The molecule has 3 nitrogen and oxygen atoms in total. The van der Waals surface area contributed by atoms with E-state index in [0.29, 0.717) is 5.69 Å². The number of halogens is 1. The van der Waals surface area contributed by atoms with Crippen LogP contribution in [0.4, 0.5) is 4.39 Å². The smallest absolute Gasteiger partial charge is 0.335 e. The van der Waals surface area contributed by atoms with E-state index in [-0.39, 0.29) is 11.4 Å². The Bertz CT molecular complexity index is 782. The number of fused-ring (bicyclic) bond motifs is 1. The molecule has 3 rings (SSSR count). The van der Waals surface area contributed by atoms with Gasteiger partial charge in [-0.25, -0.2) is 9.18 Å². The van der Waals surface area contributed by atoms with Gasteiger partial charge in [-0.3, -0.25) is 4.98 Å². The summed E-state index contributed by atoms with van der Waals surface area (Å²) in [7, 11) is 0. The van der Waals surface area contributed by atoms with Crippen molar-refractivity contribution in [1.29, 1.82) is 0 Å². The van der Waals surface area contributed by atoms with E-state index in [1.807, 2.05) is 6.07 Å². The average Bonchev–Trinajstić information content (AvgIpc) is 2.81. The molecule has 0 saturated carbocycles. The van der Waals surface area contributed by atoms with Gasteiger partial charge in [0, 0.05) is 10.9 Å². The lowest BCUT2D eigenvalue weighted by molar-refractivity contribution is 0.0697. The van der Waals surface area contributed by atoms with Gasteiger partial charge in [0.2, 0.25) is 0 Å². The number of benzene rings is 1. The number of hydrogen-bond donors (Lipinski definition) is 1. The van der Waals surface area contributed by atoms with Gasteiger partial charge < -0.3 is 5.11 Å². The predicted octanol–water partition coefficient (Wildman–Crippen LogP) is 3.80. The molecule has 5 heteroatoms. The van der Waals surface area contributed by atoms with Crippen LogP contribution in [-0.4, -0.2) is 16.1 Å². The number of carbonyl (C=O) groups is 1. The molecule has 0 radical (unpaired) electrons. The van der Waals surface area contributed by atoms with Crippen LogP contribution in [-0.2, 0) is 0 Å².